The first-order chi connectivity index (χ1) is 12.3. The third-order valence-electron chi connectivity index (χ3n) is 6.18. The van der Waals surface area contributed by atoms with Crippen LogP contribution in [-0.4, -0.2) is 29.1 Å². The summed E-state index contributed by atoms with van der Waals surface area (Å²) in [6, 6.07) is 8.08. The summed E-state index contributed by atoms with van der Waals surface area (Å²) >= 11 is 0. The van der Waals surface area contributed by atoms with Gasteiger partial charge in [-0.15, -0.1) is 0 Å². The van der Waals surface area contributed by atoms with E-state index in [1.807, 2.05) is 28.8 Å². The van der Waals surface area contributed by atoms with E-state index in [-0.39, 0.29) is 11.8 Å². The predicted octanol–water partition coefficient (Wildman–Crippen LogP) is 4.59. The number of likely N-dealkylation sites (tertiary alicyclic amines) is 1. The van der Waals surface area contributed by atoms with Crippen LogP contribution in [0.15, 0.2) is 33.5 Å². The van der Waals surface area contributed by atoms with E-state index >= 15 is 0 Å². The SMILES string of the molecule is O=c1oc2ccccc2n1C1CCN(CC2CCCCCCC2)CC1. The number of benzene rings is 1. The number of hydrogen-bond acceptors (Lipinski definition) is 3. The molecule has 2 aliphatic rings. The van der Waals surface area contributed by atoms with Gasteiger partial charge in [0.15, 0.2) is 5.58 Å². The topological polar surface area (TPSA) is 38.4 Å². The summed E-state index contributed by atoms with van der Waals surface area (Å²) in [5, 5.41) is 0. The number of piperidine rings is 1. The Hall–Kier alpha value is -1.55. The van der Waals surface area contributed by atoms with Crippen LogP contribution in [0.3, 0.4) is 0 Å². The lowest BCUT2D eigenvalue weighted by Gasteiger charge is -2.35. The van der Waals surface area contributed by atoms with E-state index in [9.17, 15) is 4.79 Å². The van der Waals surface area contributed by atoms with Gasteiger partial charge in [-0.25, -0.2) is 4.79 Å². The number of nitrogens with zero attached hydrogens (tertiary/aromatic N) is 2. The molecule has 1 aromatic carbocycles. The Balaban J connectivity index is 1.38. The van der Waals surface area contributed by atoms with Gasteiger partial charge >= 0.3 is 5.76 Å². The fourth-order valence-corrected chi connectivity index (χ4v) is 4.78. The monoisotopic (exact) mass is 342 g/mol. The Labute approximate surface area is 149 Å². The van der Waals surface area contributed by atoms with Crippen molar-refractivity contribution in [2.45, 2.75) is 63.8 Å². The van der Waals surface area contributed by atoms with Crippen molar-refractivity contribution in [3.05, 3.63) is 34.8 Å². The normalized spacial score (nSPS) is 22.1. The van der Waals surface area contributed by atoms with E-state index < -0.39 is 0 Å². The van der Waals surface area contributed by atoms with Crippen molar-refractivity contribution in [1.29, 1.82) is 0 Å². The lowest BCUT2D eigenvalue weighted by atomic mass is 9.90. The molecule has 0 radical (unpaired) electrons. The third-order valence-corrected chi connectivity index (χ3v) is 6.18. The van der Waals surface area contributed by atoms with Gasteiger partial charge in [-0.3, -0.25) is 4.57 Å². The van der Waals surface area contributed by atoms with Crippen LogP contribution >= 0.6 is 0 Å². The van der Waals surface area contributed by atoms with Crippen LogP contribution in [0.1, 0.15) is 63.8 Å². The van der Waals surface area contributed by atoms with Gasteiger partial charge in [0.1, 0.15) is 0 Å². The van der Waals surface area contributed by atoms with Crippen molar-refractivity contribution >= 4 is 11.1 Å². The Morgan fingerprint density at radius 2 is 1.60 bits per heavy atom. The van der Waals surface area contributed by atoms with E-state index in [0.717, 1.165) is 37.4 Å². The van der Waals surface area contributed by atoms with E-state index in [1.165, 1.54) is 51.5 Å². The van der Waals surface area contributed by atoms with Gasteiger partial charge in [0, 0.05) is 25.7 Å². The molecule has 0 amide bonds. The molecule has 1 aliphatic heterocycles. The highest BCUT2D eigenvalue weighted by Crippen LogP contribution is 2.28. The van der Waals surface area contributed by atoms with Crippen LogP contribution in [0.5, 0.6) is 0 Å². The molecule has 0 N–H and O–H groups in total. The van der Waals surface area contributed by atoms with Crippen molar-refractivity contribution < 1.29 is 4.42 Å². The van der Waals surface area contributed by atoms with Crippen LogP contribution in [0.4, 0.5) is 0 Å². The molecule has 2 fully saturated rings. The van der Waals surface area contributed by atoms with Gasteiger partial charge in [-0.1, -0.05) is 44.2 Å². The molecule has 4 rings (SSSR count). The molecule has 0 bridgehead atoms. The molecule has 2 aromatic rings. The molecule has 25 heavy (non-hydrogen) atoms. The predicted molar refractivity (Wildman–Crippen MR) is 101 cm³/mol. The van der Waals surface area contributed by atoms with Crippen LogP contribution in [0.2, 0.25) is 0 Å². The second-order valence-electron chi connectivity index (χ2n) is 7.95. The summed E-state index contributed by atoms with van der Waals surface area (Å²) in [6.07, 6.45) is 12.0. The van der Waals surface area contributed by atoms with E-state index in [4.69, 9.17) is 4.42 Å². The Morgan fingerprint density at radius 1 is 0.920 bits per heavy atom. The number of fused-ring (bicyclic) bond motifs is 1. The Bertz CT molecular complexity index is 732. The maximum absolute atomic E-state index is 12.3. The standard InChI is InChI=1S/C21H30N2O2/c24-21-23(19-10-6-7-11-20(19)25-21)18-12-14-22(15-13-18)16-17-8-4-2-1-3-5-9-17/h6-7,10-11,17-18H,1-5,8-9,12-16H2. The first-order valence-electron chi connectivity index (χ1n) is 10.1. The largest absolute Gasteiger partial charge is 0.420 e. The fraction of sp³-hybridized carbons (Fsp3) is 0.667. The fourth-order valence-electron chi connectivity index (χ4n) is 4.78. The summed E-state index contributed by atoms with van der Waals surface area (Å²) in [7, 11) is 0. The molecule has 1 saturated heterocycles. The minimum Gasteiger partial charge on any atom is -0.408 e. The van der Waals surface area contributed by atoms with Crippen molar-refractivity contribution in [2.75, 3.05) is 19.6 Å². The van der Waals surface area contributed by atoms with E-state index in [0.29, 0.717) is 5.58 Å². The van der Waals surface area contributed by atoms with Gasteiger partial charge in [0.2, 0.25) is 0 Å². The quantitative estimate of drug-likeness (QED) is 0.819. The zero-order chi connectivity index (χ0) is 17.1. The van der Waals surface area contributed by atoms with Crippen LogP contribution in [0, 0.1) is 5.92 Å². The lowest BCUT2D eigenvalue weighted by molar-refractivity contribution is 0.150. The molecule has 136 valence electrons. The third kappa shape index (κ3) is 3.84. The zero-order valence-corrected chi connectivity index (χ0v) is 15.2. The average Bonchev–Trinajstić information content (AvgIpc) is 2.94. The van der Waals surface area contributed by atoms with E-state index in [2.05, 4.69) is 4.90 Å². The summed E-state index contributed by atoms with van der Waals surface area (Å²) in [5.41, 5.74) is 1.66. The molecule has 4 nitrogen and oxygen atoms in total. The van der Waals surface area contributed by atoms with Crippen molar-refractivity contribution in [3.8, 4) is 0 Å². The highest BCUT2D eigenvalue weighted by atomic mass is 16.4. The summed E-state index contributed by atoms with van der Waals surface area (Å²) in [6.45, 7) is 3.47. The van der Waals surface area contributed by atoms with Crippen LogP contribution in [0.25, 0.3) is 11.1 Å². The molecule has 0 atom stereocenters. The Kier molecular flexibility index (Phi) is 5.25. The van der Waals surface area contributed by atoms with Crippen LogP contribution in [-0.2, 0) is 0 Å². The average molecular weight is 342 g/mol. The number of hydrogen-bond donors (Lipinski definition) is 0. The number of aromatic nitrogens is 1. The first kappa shape index (κ1) is 16.9. The highest BCUT2D eigenvalue weighted by Gasteiger charge is 2.25. The van der Waals surface area contributed by atoms with Crippen molar-refractivity contribution in [1.82, 2.24) is 9.47 Å². The number of oxazole rings is 1. The highest BCUT2D eigenvalue weighted by molar-refractivity contribution is 5.72. The molecular weight excluding hydrogens is 312 g/mol. The van der Waals surface area contributed by atoms with Gasteiger partial charge in [0.25, 0.3) is 0 Å². The van der Waals surface area contributed by atoms with Crippen LogP contribution < -0.4 is 5.76 Å². The van der Waals surface area contributed by atoms with E-state index in [1.54, 1.807) is 0 Å². The van der Waals surface area contributed by atoms with Gasteiger partial charge in [-0.05, 0) is 43.7 Å². The minimum atomic E-state index is -0.195. The number of para-hydroxylation sites is 2. The molecule has 1 aliphatic carbocycles. The molecule has 1 saturated carbocycles. The molecular formula is C21H30N2O2. The van der Waals surface area contributed by atoms with Crippen molar-refractivity contribution in [3.63, 3.8) is 0 Å². The Morgan fingerprint density at radius 3 is 2.36 bits per heavy atom. The van der Waals surface area contributed by atoms with Crippen molar-refractivity contribution in [2.24, 2.45) is 5.92 Å². The zero-order valence-electron chi connectivity index (χ0n) is 15.2. The summed E-state index contributed by atoms with van der Waals surface area (Å²) in [4.78, 5) is 14.9. The second kappa shape index (κ2) is 7.77. The molecule has 0 spiro atoms. The first-order valence-corrected chi connectivity index (χ1v) is 10.1. The molecule has 0 unspecified atom stereocenters. The number of rotatable bonds is 3. The minimum absolute atomic E-state index is 0.195. The molecule has 1 aromatic heterocycles. The van der Waals surface area contributed by atoms with Gasteiger partial charge in [-0.2, -0.15) is 0 Å². The van der Waals surface area contributed by atoms with Gasteiger partial charge < -0.3 is 9.32 Å². The molecule has 4 heteroatoms. The smallest absolute Gasteiger partial charge is 0.408 e. The second-order valence-corrected chi connectivity index (χ2v) is 7.95. The summed E-state index contributed by atoms with van der Waals surface area (Å²) in [5.74, 6) is 0.689. The maximum atomic E-state index is 12.3. The maximum Gasteiger partial charge on any atom is 0.420 e. The lowest BCUT2D eigenvalue weighted by Crippen LogP contribution is -2.39. The summed E-state index contributed by atoms with van der Waals surface area (Å²) < 4.78 is 7.31. The molecule has 2 heterocycles. The van der Waals surface area contributed by atoms with Gasteiger partial charge in [0.05, 0.1) is 5.52 Å².